The molecule has 148 valence electrons. The molecule has 1 N–H and O–H groups in total. The molecule has 3 heterocycles. The van der Waals surface area contributed by atoms with Crippen molar-refractivity contribution >= 4 is 5.82 Å². The molecule has 1 saturated heterocycles. The van der Waals surface area contributed by atoms with Crippen LogP contribution in [0.3, 0.4) is 0 Å². The van der Waals surface area contributed by atoms with E-state index in [2.05, 4.69) is 10.3 Å². The number of pyridine rings is 1. The molecule has 29 heavy (non-hydrogen) atoms. The number of ether oxygens (including phenoxy) is 1. The summed E-state index contributed by atoms with van der Waals surface area (Å²) in [6.07, 6.45) is 4.99. The van der Waals surface area contributed by atoms with E-state index in [0.29, 0.717) is 18.0 Å². The first-order chi connectivity index (χ1) is 14.2. The van der Waals surface area contributed by atoms with E-state index in [0.717, 1.165) is 54.5 Å². The first kappa shape index (κ1) is 18.1. The van der Waals surface area contributed by atoms with E-state index in [-0.39, 0.29) is 12.1 Å². The molecule has 0 saturated carbocycles. The van der Waals surface area contributed by atoms with Crippen LogP contribution in [-0.4, -0.2) is 27.6 Å². The molecule has 0 radical (unpaired) electrons. The molecule has 7 heteroatoms. The number of fused-ring (bicyclic) bond motifs is 1. The number of anilines is 1. The highest BCUT2D eigenvalue weighted by Gasteiger charge is 2.32. The molecule has 1 aliphatic heterocycles. The molecule has 0 amide bonds. The normalized spacial score (nSPS) is 20.6. The Morgan fingerprint density at radius 1 is 1.03 bits per heavy atom. The van der Waals surface area contributed by atoms with E-state index in [4.69, 9.17) is 14.7 Å². The summed E-state index contributed by atoms with van der Waals surface area (Å²) in [4.78, 5) is 13.9. The van der Waals surface area contributed by atoms with Crippen molar-refractivity contribution in [2.75, 3.05) is 11.9 Å². The molecule has 2 atom stereocenters. The minimum atomic E-state index is -0.864. The number of nitrogens with one attached hydrogen (secondary N) is 1. The third-order valence-electron chi connectivity index (χ3n) is 5.51. The quantitative estimate of drug-likeness (QED) is 0.717. The van der Waals surface area contributed by atoms with Crippen LogP contribution in [0.15, 0.2) is 42.6 Å². The van der Waals surface area contributed by atoms with Gasteiger partial charge in [0.25, 0.3) is 0 Å². The highest BCUT2D eigenvalue weighted by atomic mass is 19.2. The van der Waals surface area contributed by atoms with Gasteiger partial charge in [-0.05, 0) is 55.5 Å². The summed E-state index contributed by atoms with van der Waals surface area (Å²) in [6.45, 7) is 0.543. The van der Waals surface area contributed by atoms with E-state index in [1.54, 1.807) is 12.3 Å². The molecular weight excluding hydrogens is 374 g/mol. The lowest BCUT2D eigenvalue weighted by molar-refractivity contribution is 0.107. The molecule has 0 spiro atoms. The summed E-state index contributed by atoms with van der Waals surface area (Å²) < 4.78 is 32.9. The molecule has 5 rings (SSSR count). The molecule has 1 fully saturated rings. The van der Waals surface area contributed by atoms with E-state index in [1.165, 1.54) is 6.07 Å². The van der Waals surface area contributed by atoms with Gasteiger partial charge < -0.3 is 10.1 Å². The standard InChI is InChI=1S/C22H20F2N4O/c23-15-8-7-13(12-16(15)24)20-18(9-11-29-20)27-21-14-4-3-6-17(14)26-22(28-21)19-5-1-2-10-25-19/h1-2,5,7-8,10,12,18,20H,3-4,6,9,11H2,(H,26,27,28). The lowest BCUT2D eigenvalue weighted by Crippen LogP contribution is -2.25. The smallest absolute Gasteiger partial charge is 0.180 e. The Morgan fingerprint density at radius 2 is 1.97 bits per heavy atom. The van der Waals surface area contributed by atoms with Gasteiger partial charge in [0.2, 0.25) is 0 Å². The number of hydrogen-bond donors (Lipinski definition) is 1. The van der Waals surface area contributed by atoms with Gasteiger partial charge in [-0.2, -0.15) is 0 Å². The molecule has 0 bridgehead atoms. The van der Waals surface area contributed by atoms with E-state index < -0.39 is 11.6 Å². The second-order valence-corrected chi connectivity index (χ2v) is 7.39. The van der Waals surface area contributed by atoms with Gasteiger partial charge in [0, 0.05) is 24.1 Å². The second-order valence-electron chi connectivity index (χ2n) is 7.39. The Kier molecular flexibility index (Phi) is 4.67. The van der Waals surface area contributed by atoms with Gasteiger partial charge in [-0.25, -0.2) is 18.7 Å². The van der Waals surface area contributed by atoms with Crippen LogP contribution in [0.5, 0.6) is 0 Å². The Hall–Kier alpha value is -2.93. The van der Waals surface area contributed by atoms with Gasteiger partial charge in [0.1, 0.15) is 17.6 Å². The van der Waals surface area contributed by atoms with Gasteiger partial charge in [0.15, 0.2) is 17.5 Å². The Balaban J connectivity index is 1.48. The van der Waals surface area contributed by atoms with E-state index in [1.807, 2.05) is 18.2 Å². The van der Waals surface area contributed by atoms with Crippen LogP contribution in [0.1, 0.15) is 35.8 Å². The summed E-state index contributed by atoms with van der Waals surface area (Å²) in [6, 6.07) is 9.51. The van der Waals surface area contributed by atoms with Crippen molar-refractivity contribution < 1.29 is 13.5 Å². The van der Waals surface area contributed by atoms with Crippen molar-refractivity contribution in [3.8, 4) is 11.5 Å². The summed E-state index contributed by atoms with van der Waals surface area (Å²) in [5.74, 6) is -0.338. The number of nitrogens with zero attached hydrogens (tertiary/aromatic N) is 3. The average Bonchev–Trinajstić information content (AvgIpc) is 3.40. The zero-order valence-electron chi connectivity index (χ0n) is 15.7. The Labute approximate surface area is 167 Å². The molecule has 2 unspecified atom stereocenters. The van der Waals surface area contributed by atoms with Crippen LogP contribution >= 0.6 is 0 Å². The fourth-order valence-electron chi connectivity index (χ4n) is 4.09. The summed E-state index contributed by atoms with van der Waals surface area (Å²) in [5.41, 5.74) is 3.52. The molecule has 3 aromatic rings. The van der Waals surface area contributed by atoms with Gasteiger partial charge in [-0.15, -0.1) is 0 Å². The maximum atomic E-state index is 13.7. The van der Waals surface area contributed by atoms with Crippen molar-refractivity contribution in [3.63, 3.8) is 0 Å². The van der Waals surface area contributed by atoms with Gasteiger partial charge in [-0.3, -0.25) is 4.98 Å². The zero-order chi connectivity index (χ0) is 19.8. The summed E-state index contributed by atoms with van der Waals surface area (Å²) in [7, 11) is 0. The number of aromatic nitrogens is 3. The lowest BCUT2D eigenvalue weighted by Gasteiger charge is -2.22. The average molecular weight is 394 g/mol. The maximum absolute atomic E-state index is 13.7. The van der Waals surface area contributed by atoms with Crippen LogP contribution < -0.4 is 5.32 Å². The van der Waals surface area contributed by atoms with Crippen molar-refractivity contribution in [3.05, 3.63) is 71.1 Å². The molecule has 1 aromatic carbocycles. The minimum absolute atomic E-state index is 0.0870. The largest absolute Gasteiger partial charge is 0.371 e. The number of benzene rings is 1. The number of halogens is 2. The third-order valence-corrected chi connectivity index (χ3v) is 5.51. The lowest BCUT2D eigenvalue weighted by atomic mass is 10.0. The highest BCUT2D eigenvalue weighted by molar-refractivity contribution is 5.58. The molecule has 2 aliphatic rings. The van der Waals surface area contributed by atoms with Gasteiger partial charge in [0.05, 0.1) is 6.04 Å². The molecule has 5 nitrogen and oxygen atoms in total. The fraction of sp³-hybridized carbons (Fsp3) is 0.318. The maximum Gasteiger partial charge on any atom is 0.180 e. The van der Waals surface area contributed by atoms with Gasteiger partial charge >= 0.3 is 0 Å². The zero-order valence-corrected chi connectivity index (χ0v) is 15.7. The van der Waals surface area contributed by atoms with Crippen LogP contribution in [0, 0.1) is 11.6 Å². The predicted octanol–water partition coefficient (Wildman–Crippen LogP) is 4.25. The third kappa shape index (κ3) is 3.46. The second kappa shape index (κ2) is 7.48. The monoisotopic (exact) mass is 394 g/mol. The van der Waals surface area contributed by atoms with Gasteiger partial charge in [-0.1, -0.05) is 12.1 Å². The van der Waals surface area contributed by atoms with Crippen LogP contribution in [0.25, 0.3) is 11.5 Å². The molecular formula is C22H20F2N4O. The fourth-order valence-corrected chi connectivity index (χ4v) is 4.09. The Morgan fingerprint density at radius 3 is 2.79 bits per heavy atom. The highest BCUT2D eigenvalue weighted by Crippen LogP contribution is 2.35. The van der Waals surface area contributed by atoms with Crippen molar-refractivity contribution in [1.29, 1.82) is 0 Å². The van der Waals surface area contributed by atoms with Crippen molar-refractivity contribution in [2.45, 2.75) is 37.8 Å². The SMILES string of the molecule is Fc1ccc(C2OCCC2Nc2nc(-c3ccccn3)nc3c2CCC3)cc1F. The van der Waals surface area contributed by atoms with Crippen molar-refractivity contribution in [2.24, 2.45) is 0 Å². The number of rotatable bonds is 4. The number of aryl methyl sites for hydroxylation is 1. The minimum Gasteiger partial charge on any atom is -0.371 e. The van der Waals surface area contributed by atoms with Crippen LogP contribution in [0.2, 0.25) is 0 Å². The number of hydrogen-bond acceptors (Lipinski definition) is 5. The van der Waals surface area contributed by atoms with Crippen LogP contribution in [0.4, 0.5) is 14.6 Å². The first-order valence-corrected chi connectivity index (χ1v) is 9.83. The van der Waals surface area contributed by atoms with E-state index in [9.17, 15) is 8.78 Å². The van der Waals surface area contributed by atoms with Crippen molar-refractivity contribution in [1.82, 2.24) is 15.0 Å². The first-order valence-electron chi connectivity index (χ1n) is 9.83. The predicted molar refractivity (Wildman–Crippen MR) is 104 cm³/mol. The topological polar surface area (TPSA) is 59.9 Å². The summed E-state index contributed by atoms with van der Waals surface area (Å²) >= 11 is 0. The summed E-state index contributed by atoms with van der Waals surface area (Å²) in [5, 5.41) is 3.51. The van der Waals surface area contributed by atoms with E-state index >= 15 is 0 Å². The molecule has 2 aromatic heterocycles. The Bertz CT molecular complexity index is 1040. The molecule has 1 aliphatic carbocycles. The van der Waals surface area contributed by atoms with Crippen LogP contribution in [-0.2, 0) is 17.6 Å².